The number of hydrogen-bond donors (Lipinski definition) is 1. The Labute approximate surface area is 138 Å². The van der Waals surface area contributed by atoms with Crippen molar-refractivity contribution >= 4 is 11.8 Å². The van der Waals surface area contributed by atoms with Gasteiger partial charge >= 0.3 is 5.63 Å². The Morgan fingerprint density at radius 3 is 2.52 bits per heavy atom. The summed E-state index contributed by atoms with van der Waals surface area (Å²) in [6.45, 7) is 2.02. The van der Waals surface area contributed by atoms with Gasteiger partial charge in [-0.25, -0.2) is 4.79 Å². The van der Waals surface area contributed by atoms with E-state index in [4.69, 9.17) is 4.42 Å². The molecule has 3 rings (SSSR count). The minimum Gasteiger partial charge on any atom is -0.506 e. The highest BCUT2D eigenvalue weighted by Crippen LogP contribution is 2.31. The Hall–Kier alpha value is -2.46. The van der Waals surface area contributed by atoms with E-state index in [2.05, 4.69) is 6.07 Å². The summed E-state index contributed by atoms with van der Waals surface area (Å²) in [7, 11) is 0. The molecule has 1 N–H and O–H groups in total. The van der Waals surface area contributed by atoms with Gasteiger partial charge in [0.25, 0.3) is 0 Å². The van der Waals surface area contributed by atoms with Crippen LogP contribution in [0.1, 0.15) is 11.1 Å². The van der Waals surface area contributed by atoms with Crippen molar-refractivity contribution in [3.05, 3.63) is 82.2 Å². The third-order valence-electron chi connectivity index (χ3n) is 3.41. The van der Waals surface area contributed by atoms with Gasteiger partial charge < -0.3 is 9.52 Å². The molecule has 3 nitrogen and oxygen atoms in total. The molecular weight excluding hydrogens is 308 g/mol. The first-order chi connectivity index (χ1) is 11.1. The molecule has 0 radical (unpaired) electrons. The van der Waals surface area contributed by atoms with Crippen LogP contribution in [-0.2, 0) is 5.75 Å². The van der Waals surface area contributed by atoms with Crippen LogP contribution in [0.25, 0.3) is 11.3 Å². The summed E-state index contributed by atoms with van der Waals surface area (Å²) in [6.07, 6.45) is 0. The van der Waals surface area contributed by atoms with E-state index in [9.17, 15) is 9.90 Å². The number of aromatic hydroxyl groups is 1. The lowest BCUT2D eigenvalue weighted by molar-refractivity contribution is 0.430. The van der Waals surface area contributed by atoms with Gasteiger partial charge in [-0.3, -0.25) is 0 Å². The predicted molar refractivity (Wildman–Crippen MR) is 92.8 cm³/mol. The second-order valence-electron chi connectivity index (χ2n) is 5.26. The molecule has 1 heterocycles. The van der Waals surface area contributed by atoms with E-state index in [-0.39, 0.29) is 10.6 Å². The van der Waals surface area contributed by atoms with Crippen LogP contribution in [0.4, 0.5) is 0 Å². The quantitative estimate of drug-likeness (QED) is 0.712. The van der Waals surface area contributed by atoms with Crippen molar-refractivity contribution in [1.82, 2.24) is 0 Å². The summed E-state index contributed by atoms with van der Waals surface area (Å²) in [4.78, 5) is 12.4. The van der Waals surface area contributed by atoms with E-state index in [0.717, 1.165) is 11.1 Å². The number of aryl methyl sites for hydroxylation is 1. The van der Waals surface area contributed by atoms with Crippen LogP contribution in [0.2, 0.25) is 0 Å². The van der Waals surface area contributed by atoms with Crippen molar-refractivity contribution in [2.24, 2.45) is 0 Å². The first-order valence-corrected chi connectivity index (χ1v) is 8.23. The average Bonchev–Trinajstić information content (AvgIpc) is 2.55. The minimum atomic E-state index is -0.512. The third kappa shape index (κ3) is 3.66. The van der Waals surface area contributed by atoms with Crippen LogP contribution in [0.5, 0.6) is 5.75 Å². The number of hydrogen-bond acceptors (Lipinski definition) is 4. The van der Waals surface area contributed by atoms with Crippen molar-refractivity contribution in [2.75, 3.05) is 0 Å². The van der Waals surface area contributed by atoms with Crippen LogP contribution in [-0.4, -0.2) is 5.11 Å². The zero-order valence-electron chi connectivity index (χ0n) is 12.7. The van der Waals surface area contributed by atoms with E-state index >= 15 is 0 Å². The van der Waals surface area contributed by atoms with Gasteiger partial charge in [0, 0.05) is 17.4 Å². The summed E-state index contributed by atoms with van der Waals surface area (Å²) in [5, 5.41) is 10.2. The molecular formula is C19H16O3S. The number of rotatable bonds is 4. The molecule has 23 heavy (non-hydrogen) atoms. The first-order valence-electron chi connectivity index (χ1n) is 7.24. The van der Waals surface area contributed by atoms with Crippen LogP contribution in [0.15, 0.2) is 74.8 Å². The summed E-state index contributed by atoms with van der Waals surface area (Å²) in [5.74, 6) is 0.927. The molecule has 0 amide bonds. The standard InChI is InChI=1S/C19H16O3S/c1-13-6-5-7-14(10-13)12-23-18-16(20)11-17(22-19(18)21)15-8-3-2-4-9-15/h2-11,20H,12H2,1H3. The molecule has 0 aliphatic carbocycles. The average molecular weight is 324 g/mol. The molecule has 0 bridgehead atoms. The lowest BCUT2D eigenvalue weighted by Gasteiger charge is -2.06. The predicted octanol–water partition coefficient (Wildman–Crippen LogP) is 4.61. The molecule has 0 saturated carbocycles. The first kappa shape index (κ1) is 15.4. The van der Waals surface area contributed by atoms with Gasteiger partial charge in [-0.05, 0) is 12.5 Å². The molecule has 3 aromatic rings. The molecule has 0 saturated heterocycles. The van der Waals surface area contributed by atoms with Gasteiger partial charge in [-0.2, -0.15) is 0 Å². The summed E-state index contributed by atoms with van der Waals surface area (Å²) < 4.78 is 5.35. The van der Waals surface area contributed by atoms with Crippen LogP contribution >= 0.6 is 11.8 Å². The number of thioether (sulfide) groups is 1. The fourth-order valence-corrected chi connectivity index (χ4v) is 3.16. The molecule has 1 aromatic heterocycles. The smallest absolute Gasteiger partial charge is 0.353 e. The second kappa shape index (κ2) is 6.75. The minimum absolute atomic E-state index is 0.0437. The van der Waals surface area contributed by atoms with E-state index in [0.29, 0.717) is 11.5 Å². The molecule has 0 aliphatic heterocycles. The highest BCUT2D eigenvalue weighted by molar-refractivity contribution is 7.98. The maximum absolute atomic E-state index is 12.2. The van der Waals surface area contributed by atoms with Crippen molar-refractivity contribution in [3.8, 4) is 17.1 Å². The lowest BCUT2D eigenvalue weighted by atomic mass is 10.1. The second-order valence-corrected chi connectivity index (χ2v) is 6.24. The van der Waals surface area contributed by atoms with Gasteiger partial charge in [0.05, 0.1) is 0 Å². The van der Waals surface area contributed by atoms with Crippen molar-refractivity contribution in [2.45, 2.75) is 17.6 Å². The maximum Gasteiger partial charge on any atom is 0.353 e. The van der Waals surface area contributed by atoms with Gasteiger partial charge in [0.2, 0.25) is 0 Å². The summed E-state index contributed by atoms with van der Waals surface area (Å²) >= 11 is 1.28. The van der Waals surface area contributed by atoms with Gasteiger partial charge in [0.1, 0.15) is 16.4 Å². The molecule has 116 valence electrons. The van der Waals surface area contributed by atoms with Crippen LogP contribution in [0, 0.1) is 6.92 Å². The Balaban J connectivity index is 1.85. The van der Waals surface area contributed by atoms with Crippen LogP contribution in [0.3, 0.4) is 0 Å². The summed E-state index contributed by atoms with van der Waals surface area (Å²) in [6, 6.07) is 18.8. The van der Waals surface area contributed by atoms with Crippen LogP contribution < -0.4 is 5.63 Å². The Morgan fingerprint density at radius 1 is 1.04 bits per heavy atom. The molecule has 0 atom stereocenters. The third-order valence-corrected chi connectivity index (χ3v) is 4.55. The molecule has 4 heteroatoms. The van der Waals surface area contributed by atoms with Crippen molar-refractivity contribution in [3.63, 3.8) is 0 Å². The van der Waals surface area contributed by atoms with E-state index < -0.39 is 5.63 Å². The molecule has 0 unspecified atom stereocenters. The fraction of sp³-hybridized carbons (Fsp3) is 0.105. The Morgan fingerprint density at radius 2 is 1.83 bits per heavy atom. The normalized spacial score (nSPS) is 10.7. The molecule has 0 fully saturated rings. The topological polar surface area (TPSA) is 50.4 Å². The monoisotopic (exact) mass is 324 g/mol. The van der Waals surface area contributed by atoms with Gasteiger partial charge in [-0.1, -0.05) is 60.2 Å². The maximum atomic E-state index is 12.2. The fourth-order valence-electron chi connectivity index (χ4n) is 2.30. The van der Waals surface area contributed by atoms with E-state index in [1.54, 1.807) is 0 Å². The van der Waals surface area contributed by atoms with Gasteiger partial charge in [-0.15, -0.1) is 11.8 Å². The highest BCUT2D eigenvalue weighted by atomic mass is 32.2. The van der Waals surface area contributed by atoms with E-state index in [1.165, 1.54) is 23.4 Å². The SMILES string of the molecule is Cc1cccc(CSc2c(O)cc(-c3ccccc3)oc2=O)c1. The van der Waals surface area contributed by atoms with E-state index in [1.807, 2.05) is 55.5 Å². The van der Waals surface area contributed by atoms with Gasteiger partial charge in [0.15, 0.2) is 0 Å². The molecule has 2 aromatic carbocycles. The lowest BCUT2D eigenvalue weighted by Crippen LogP contribution is -2.03. The highest BCUT2D eigenvalue weighted by Gasteiger charge is 2.13. The molecule has 0 spiro atoms. The van der Waals surface area contributed by atoms with Crippen molar-refractivity contribution in [1.29, 1.82) is 0 Å². The van der Waals surface area contributed by atoms with Crippen molar-refractivity contribution < 1.29 is 9.52 Å². The summed E-state index contributed by atoms with van der Waals surface area (Å²) in [5.41, 5.74) is 2.51. The largest absolute Gasteiger partial charge is 0.506 e. The Kier molecular flexibility index (Phi) is 4.53. The number of benzene rings is 2. The molecule has 0 aliphatic rings. The zero-order chi connectivity index (χ0) is 16.2. The zero-order valence-corrected chi connectivity index (χ0v) is 13.5. The Bertz CT molecular complexity index is 869.